The zero-order valence-corrected chi connectivity index (χ0v) is 22.3. The van der Waals surface area contributed by atoms with Crippen molar-refractivity contribution in [1.29, 1.82) is 0 Å². The molecule has 2 rings (SSSR count). The highest BCUT2D eigenvalue weighted by Crippen LogP contribution is 2.51. The Kier molecular flexibility index (Phi) is 8.76. The van der Waals surface area contributed by atoms with Gasteiger partial charge in [0.25, 0.3) is 0 Å². The third kappa shape index (κ3) is 4.61. The molecule has 0 spiro atoms. The van der Waals surface area contributed by atoms with E-state index < -0.39 is 28.1 Å². The summed E-state index contributed by atoms with van der Waals surface area (Å²) in [6.07, 6.45) is -0.719. The quantitative estimate of drug-likeness (QED) is 0.247. The van der Waals surface area contributed by atoms with Crippen LogP contribution in [0, 0.1) is 11.8 Å². The van der Waals surface area contributed by atoms with E-state index >= 15 is 0 Å². The summed E-state index contributed by atoms with van der Waals surface area (Å²) < 4.78 is 11.0. The van der Waals surface area contributed by atoms with Crippen LogP contribution in [-0.2, 0) is 9.47 Å². The van der Waals surface area contributed by atoms with Gasteiger partial charge in [-0.3, -0.25) is 0 Å². The van der Waals surface area contributed by atoms with Crippen molar-refractivity contribution in [2.45, 2.75) is 49.7 Å². The molecule has 0 aromatic rings. The van der Waals surface area contributed by atoms with Gasteiger partial charge in [0.15, 0.2) is 12.2 Å². The van der Waals surface area contributed by atoms with Crippen molar-refractivity contribution >= 4 is 99.0 Å². The number of ether oxygens (including phenoxy) is 2. The summed E-state index contributed by atoms with van der Waals surface area (Å²) in [6.45, 7) is 7.14. The number of carbonyl (C=O) groups is 1. The van der Waals surface area contributed by atoms with Crippen LogP contribution in [-0.4, -0.2) is 28.1 Å². The summed E-state index contributed by atoms with van der Waals surface area (Å²) in [4.78, 5) is 9.96. The van der Waals surface area contributed by atoms with Crippen LogP contribution in [0.5, 0.6) is 0 Å². The third-order valence-electron chi connectivity index (χ3n) is 4.99. The molecule has 0 amide bonds. The van der Waals surface area contributed by atoms with Crippen molar-refractivity contribution in [2.75, 3.05) is 0 Å². The zero-order valence-electron chi connectivity index (χ0n) is 16.2. The summed E-state index contributed by atoms with van der Waals surface area (Å²) in [6, 6.07) is 0. The fourth-order valence-corrected chi connectivity index (χ4v) is 5.93. The predicted molar refractivity (Wildman–Crippen MR) is 127 cm³/mol. The van der Waals surface area contributed by atoms with E-state index in [4.69, 9.17) is 102 Å². The Morgan fingerprint density at radius 3 is 1.33 bits per heavy atom. The molecular weight excluding hydrogens is 560 g/mol. The summed E-state index contributed by atoms with van der Waals surface area (Å²) in [5.41, 5.74) is 0. The number of alkyl halides is 2. The lowest BCUT2D eigenvalue weighted by molar-refractivity contribution is -0.00229. The molecule has 0 fully saturated rings. The predicted octanol–water partition coefficient (Wildman–Crippen LogP) is 8.79. The molecule has 0 bridgehead atoms. The van der Waals surface area contributed by atoms with Gasteiger partial charge in [-0.05, 0) is 24.0 Å². The first-order valence-electron chi connectivity index (χ1n) is 8.79. The van der Waals surface area contributed by atoms with E-state index in [-0.39, 0.29) is 42.0 Å². The van der Waals surface area contributed by atoms with E-state index in [9.17, 15) is 4.79 Å². The summed E-state index contributed by atoms with van der Waals surface area (Å²) in [5, 5.41) is 0.677. The number of hydrogen-bond donors (Lipinski definition) is 0. The van der Waals surface area contributed by atoms with Crippen molar-refractivity contribution in [3.05, 3.63) is 42.3 Å². The van der Waals surface area contributed by atoms with E-state index in [1.165, 1.54) is 12.2 Å². The van der Waals surface area contributed by atoms with E-state index in [1.54, 1.807) is 27.7 Å². The number of hydrogen-bond acceptors (Lipinski definition) is 3. The second-order valence-corrected chi connectivity index (χ2v) is 11.2. The maximum Gasteiger partial charge on any atom is 0.509 e. The first-order chi connectivity index (χ1) is 13.7. The molecule has 30 heavy (non-hydrogen) atoms. The smallest absolute Gasteiger partial charge is 0.423 e. The summed E-state index contributed by atoms with van der Waals surface area (Å²) >= 11 is 51.0. The molecule has 11 heteroatoms. The van der Waals surface area contributed by atoms with Gasteiger partial charge < -0.3 is 9.47 Å². The largest absolute Gasteiger partial charge is 0.509 e. The Morgan fingerprint density at radius 2 is 1.07 bits per heavy atom. The average molecular weight is 578 g/mol. The van der Waals surface area contributed by atoms with Crippen LogP contribution in [0.4, 0.5) is 4.79 Å². The highest BCUT2D eigenvalue weighted by molar-refractivity contribution is 6.48. The first kappa shape index (κ1) is 26.8. The topological polar surface area (TPSA) is 35.5 Å². The first-order valence-corrected chi connectivity index (χ1v) is 11.8. The van der Waals surface area contributed by atoms with Gasteiger partial charge >= 0.3 is 6.16 Å². The van der Waals surface area contributed by atoms with Crippen molar-refractivity contribution < 1.29 is 14.3 Å². The highest BCUT2D eigenvalue weighted by Gasteiger charge is 2.53. The highest BCUT2D eigenvalue weighted by atomic mass is 35.5. The Morgan fingerprint density at radius 1 is 0.767 bits per heavy atom. The Labute approximate surface area is 215 Å². The van der Waals surface area contributed by atoms with Gasteiger partial charge in [-0.15, -0.1) is 23.2 Å². The molecule has 0 N–H and O–H groups in total. The molecule has 0 radical (unpaired) electrons. The Balaban J connectivity index is 2.35. The number of carbonyl (C=O) groups excluding carboxylic acids is 1. The van der Waals surface area contributed by atoms with Gasteiger partial charge in [-0.25, -0.2) is 4.79 Å². The second-order valence-electron chi connectivity index (χ2n) is 7.47. The van der Waals surface area contributed by atoms with Gasteiger partial charge in [0.2, 0.25) is 0 Å². The minimum Gasteiger partial charge on any atom is -0.423 e. The fourth-order valence-electron chi connectivity index (χ4n) is 3.13. The molecular formula is C19H18Cl8O3. The fraction of sp³-hybridized carbons (Fsp3) is 0.526. The Hall–Kier alpha value is 0.550. The summed E-state index contributed by atoms with van der Waals surface area (Å²) in [7, 11) is 0. The van der Waals surface area contributed by atoms with Crippen molar-refractivity contribution in [3.8, 4) is 0 Å². The molecule has 4 atom stereocenters. The number of rotatable bonds is 4. The normalized spacial score (nSPS) is 32.5. The molecule has 2 aliphatic rings. The lowest BCUT2D eigenvalue weighted by Crippen LogP contribution is -2.50. The van der Waals surface area contributed by atoms with Crippen LogP contribution in [0.2, 0.25) is 0 Å². The van der Waals surface area contributed by atoms with Gasteiger partial charge in [-0.2, -0.15) is 0 Å². The molecule has 4 unspecified atom stereocenters. The summed E-state index contributed by atoms with van der Waals surface area (Å²) in [5.74, 6) is -0.615. The zero-order chi connectivity index (χ0) is 23.2. The molecule has 3 nitrogen and oxygen atoms in total. The van der Waals surface area contributed by atoms with E-state index in [0.29, 0.717) is 0 Å². The minimum atomic E-state index is -1.40. The lowest BCUT2D eigenvalue weighted by Gasteiger charge is -2.42. The van der Waals surface area contributed by atoms with Crippen LogP contribution in [0.1, 0.15) is 27.7 Å². The monoisotopic (exact) mass is 574 g/mol. The molecule has 0 aromatic carbocycles. The van der Waals surface area contributed by atoms with Crippen molar-refractivity contribution in [1.82, 2.24) is 0 Å². The van der Waals surface area contributed by atoms with Gasteiger partial charge in [0.1, 0.15) is 9.75 Å². The maximum absolute atomic E-state index is 12.8. The van der Waals surface area contributed by atoms with E-state index in [1.807, 2.05) is 0 Å². The molecule has 0 aliphatic heterocycles. The molecule has 168 valence electrons. The van der Waals surface area contributed by atoms with Gasteiger partial charge in [0.05, 0.1) is 30.2 Å². The lowest BCUT2D eigenvalue weighted by atomic mass is 9.85. The van der Waals surface area contributed by atoms with E-state index in [0.717, 1.165) is 0 Å². The molecule has 0 saturated heterocycles. The van der Waals surface area contributed by atoms with Crippen LogP contribution in [0.15, 0.2) is 42.3 Å². The second kappa shape index (κ2) is 9.81. The van der Waals surface area contributed by atoms with Crippen LogP contribution >= 0.6 is 92.8 Å². The molecule has 2 aliphatic carbocycles. The standard InChI is InChI=1S/C19H18Cl8O3/c1-7(2)18(26)13(24)9(20)5-11(22)15(18)29-17(28)30-16-12(23)6-10(21)14(25)19(16,27)8(3)4/h5-8,15-16H,1-4H3. The molecule has 0 heterocycles. The van der Waals surface area contributed by atoms with Gasteiger partial charge in [0, 0.05) is 0 Å². The third-order valence-corrected chi connectivity index (χ3v) is 9.27. The van der Waals surface area contributed by atoms with E-state index in [2.05, 4.69) is 0 Å². The Bertz CT molecular complexity index is 792. The van der Waals surface area contributed by atoms with Crippen molar-refractivity contribution in [3.63, 3.8) is 0 Å². The SMILES string of the molecule is CC(C)C1(Cl)C(Cl)=C(Cl)C=C(Cl)C1OC(=O)OC1C(Cl)=CC(Cl)=C(Cl)C1(Cl)C(C)C. The number of halogens is 8. The van der Waals surface area contributed by atoms with Crippen molar-refractivity contribution in [2.24, 2.45) is 11.8 Å². The molecule has 0 saturated carbocycles. The van der Waals surface area contributed by atoms with Crippen LogP contribution < -0.4 is 0 Å². The maximum atomic E-state index is 12.8. The minimum absolute atomic E-state index is 0.0808. The van der Waals surface area contributed by atoms with Crippen LogP contribution in [0.25, 0.3) is 0 Å². The molecule has 0 aromatic heterocycles. The average Bonchev–Trinajstić information content (AvgIpc) is 2.64. The van der Waals surface area contributed by atoms with Crippen LogP contribution in [0.3, 0.4) is 0 Å². The number of allylic oxidation sites excluding steroid dienone is 4. The van der Waals surface area contributed by atoms with Gasteiger partial charge in [-0.1, -0.05) is 97.3 Å².